The van der Waals surface area contributed by atoms with Gasteiger partial charge in [0.25, 0.3) is 0 Å². The van der Waals surface area contributed by atoms with Crippen LogP contribution < -0.4 is 15.4 Å². The number of methoxy groups -OCH3 is 1. The van der Waals surface area contributed by atoms with Crippen molar-refractivity contribution in [2.75, 3.05) is 32.1 Å². The molecule has 2 aliphatic heterocycles. The van der Waals surface area contributed by atoms with Crippen molar-refractivity contribution in [2.45, 2.75) is 51.4 Å². The van der Waals surface area contributed by atoms with Gasteiger partial charge in [-0.3, -0.25) is 0 Å². The summed E-state index contributed by atoms with van der Waals surface area (Å²) in [5.41, 5.74) is 2.43. The first kappa shape index (κ1) is 15.6. The maximum atomic E-state index is 5.56. The highest BCUT2D eigenvalue weighted by Gasteiger charge is 2.17. The van der Waals surface area contributed by atoms with Gasteiger partial charge in [0, 0.05) is 23.9 Å². The first-order valence-electron chi connectivity index (χ1n) is 8.88. The van der Waals surface area contributed by atoms with Gasteiger partial charge in [0.05, 0.1) is 7.11 Å². The van der Waals surface area contributed by atoms with Crippen LogP contribution in [0.3, 0.4) is 0 Å². The molecule has 0 amide bonds. The number of aryl methyl sites for hydroxylation is 1. The molecular formula is C18H29N3O. The molecule has 4 heteroatoms. The number of rotatable bonds is 7. The molecule has 1 atom stereocenters. The lowest BCUT2D eigenvalue weighted by Gasteiger charge is -2.20. The summed E-state index contributed by atoms with van der Waals surface area (Å²) >= 11 is 0. The Bertz CT molecular complexity index is 466. The lowest BCUT2D eigenvalue weighted by molar-refractivity contribution is 0.407. The highest BCUT2D eigenvalue weighted by molar-refractivity contribution is 5.54. The predicted molar refractivity (Wildman–Crippen MR) is 90.7 cm³/mol. The Hall–Kier alpha value is -1.29. The van der Waals surface area contributed by atoms with Crippen LogP contribution in [0.25, 0.3) is 0 Å². The highest BCUT2D eigenvalue weighted by Crippen LogP contribution is 2.30. The van der Waals surface area contributed by atoms with E-state index in [9.17, 15) is 0 Å². The van der Waals surface area contributed by atoms with Crippen molar-refractivity contribution in [2.24, 2.45) is 5.92 Å². The quantitative estimate of drug-likeness (QED) is 0.760. The van der Waals surface area contributed by atoms with E-state index in [1.54, 1.807) is 7.11 Å². The maximum Gasteiger partial charge on any atom is 0.133 e. The predicted octanol–water partition coefficient (Wildman–Crippen LogP) is 3.16. The fourth-order valence-corrected chi connectivity index (χ4v) is 3.65. The fraction of sp³-hybridized carbons (Fsp3) is 0.722. The smallest absolute Gasteiger partial charge is 0.133 e. The van der Waals surface area contributed by atoms with Gasteiger partial charge >= 0.3 is 0 Å². The number of unbranched alkanes of at least 4 members (excludes halogenated alkanes) is 2. The average Bonchev–Trinajstić information content (AvgIpc) is 3.07. The van der Waals surface area contributed by atoms with Crippen LogP contribution in [0.15, 0.2) is 6.07 Å². The molecule has 1 saturated heterocycles. The summed E-state index contributed by atoms with van der Waals surface area (Å²) in [7, 11) is 1.77. The van der Waals surface area contributed by atoms with Gasteiger partial charge < -0.3 is 15.4 Å². The number of nitrogens with zero attached hydrogens (tertiary/aromatic N) is 1. The molecule has 4 nitrogen and oxygen atoms in total. The molecular weight excluding hydrogens is 274 g/mol. The summed E-state index contributed by atoms with van der Waals surface area (Å²) in [5.74, 6) is 2.99. The Morgan fingerprint density at radius 3 is 3.05 bits per heavy atom. The summed E-state index contributed by atoms with van der Waals surface area (Å²) < 4.78 is 5.56. The lowest BCUT2D eigenvalue weighted by atomic mass is 9.99. The number of hydrogen-bond acceptors (Lipinski definition) is 4. The molecule has 0 radical (unpaired) electrons. The van der Waals surface area contributed by atoms with Gasteiger partial charge in [0.1, 0.15) is 11.6 Å². The van der Waals surface area contributed by atoms with Crippen molar-refractivity contribution < 1.29 is 4.74 Å². The van der Waals surface area contributed by atoms with Gasteiger partial charge in [-0.25, -0.2) is 4.98 Å². The van der Waals surface area contributed by atoms with Gasteiger partial charge in [-0.05, 0) is 57.5 Å². The number of aromatic nitrogens is 1. The number of pyridine rings is 1. The highest BCUT2D eigenvalue weighted by atomic mass is 16.5. The van der Waals surface area contributed by atoms with E-state index in [0.717, 1.165) is 36.9 Å². The first-order chi connectivity index (χ1) is 10.9. The molecule has 122 valence electrons. The third-order valence-corrected chi connectivity index (χ3v) is 4.96. The third-order valence-electron chi connectivity index (χ3n) is 4.96. The molecule has 2 N–H and O–H groups in total. The molecule has 0 bridgehead atoms. The maximum absolute atomic E-state index is 5.56. The van der Waals surface area contributed by atoms with Gasteiger partial charge in [0.2, 0.25) is 0 Å². The van der Waals surface area contributed by atoms with Crippen LogP contribution in [-0.4, -0.2) is 31.7 Å². The largest absolute Gasteiger partial charge is 0.496 e. The lowest BCUT2D eigenvalue weighted by Crippen LogP contribution is -2.15. The third kappa shape index (κ3) is 3.92. The molecule has 0 aromatic carbocycles. The van der Waals surface area contributed by atoms with E-state index in [-0.39, 0.29) is 0 Å². The van der Waals surface area contributed by atoms with Gasteiger partial charge in [-0.2, -0.15) is 0 Å². The van der Waals surface area contributed by atoms with Crippen LogP contribution >= 0.6 is 0 Å². The van der Waals surface area contributed by atoms with Gasteiger partial charge in [-0.1, -0.05) is 12.8 Å². The van der Waals surface area contributed by atoms with Crippen molar-refractivity contribution in [1.82, 2.24) is 10.3 Å². The SMILES string of the molecule is COc1cc(CCCCC[C@@H]2CCNC2)nc2c1CCCN2. The van der Waals surface area contributed by atoms with Gasteiger partial charge in [0.15, 0.2) is 0 Å². The van der Waals surface area contributed by atoms with Crippen molar-refractivity contribution >= 4 is 5.82 Å². The normalized spacial score (nSPS) is 20.5. The zero-order valence-electron chi connectivity index (χ0n) is 13.8. The molecule has 1 fully saturated rings. The fourth-order valence-electron chi connectivity index (χ4n) is 3.65. The Morgan fingerprint density at radius 2 is 2.23 bits per heavy atom. The van der Waals surface area contributed by atoms with Crippen LogP contribution in [0.4, 0.5) is 5.82 Å². The molecule has 0 spiro atoms. The summed E-state index contributed by atoms with van der Waals surface area (Å²) in [5, 5.41) is 6.87. The van der Waals surface area contributed by atoms with Crippen LogP contribution in [0, 0.1) is 5.92 Å². The summed E-state index contributed by atoms with van der Waals surface area (Å²) in [4.78, 5) is 4.80. The van der Waals surface area contributed by atoms with E-state index >= 15 is 0 Å². The van der Waals surface area contributed by atoms with Crippen LogP contribution in [0.1, 0.15) is 49.8 Å². The molecule has 22 heavy (non-hydrogen) atoms. The van der Waals surface area contributed by atoms with Crippen molar-refractivity contribution in [3.63, 3.8) is 0 Å². The zero-order valence-corrected chi connectivity index (χ0v) is 13.8. The second kappa shape index (κ2) is 7.82. The Morgan fingerprint density at radius 1 is 1.27 bits per heavy atom. The average molecular weight is 303 g/mol. The van der Waals surface area contributed by atoms with E-state index in [1.165, 1.54) is 62.9 Å². The van der Waals surface area contributed by atoms with E-state index in [2.05, 4.69) is 16.7 Å². The van der Waals surface area contributed by atoms with Crippen molar-refractivity contribution in [3.8, 4) is 5.75 Å². The Balaban J connectivity index is 1.47. The zero-order chi connectivity index (χ0) is 15.2. The second-order valence-corrected chi connectivity index (χ2v) is 6.63. The number of ether oxygens (including phenoxy) is 1. The molecule has 3 rings (SSSR count). The minimum atomic E-state index is 0.922. The van der Waals surface area contributed by atoms with E-state index in [0.29, 0.717) is 0 Å². The monoisotopic (exact) mass is 303 g/mol. The minimum absolute atomic E-state index is 0.922. The van der Waals surface area contributed by atoms with Crippen LogP contribution in [-0.2, 0) is 12.8 Å². The minimum Gasteiger partial charge on any atom is -0.496 e. The van der Waals surface area contributed by atoms with E-state index in [4.69, 9.17) is 9.72 Å². The molecule has 1 aromatic heterocycles. The number of hydrogen-bond donors (Lipinski definition) is 2. The summed E-state index contributed by atoms with van der Waals surface area (Å²) in [6, 6.07) is 2.15. The van der Waals surface area contributed by atoms with Crippen molar-refractivity contribution in [3.05, 3.63) is 17.3 Å². The van der Waals surface area contributed by atoms with Crippen LogP contribution in [0.5, 0.6) is 5.75 Å². The molecule has 0 aliphatic carbocycles. The van der Waals surface area contributed by atoms with Crippen LogP contribution in [0.2, 0.25) is 0 Å². The van der Waals surface area contributed by atoms with E-state index in [1.807, 2.05) is 0 Å². The number of anilines is 1. The molecule has 3 heterocycles. The summed E-state index contributed by atoms with van der Waals surface area (Å²) in [6.45, 7) is 3.48. The standard InChI is InChI=1S/C18H29N3O/c1-22-17-12-15(21-18-16(17)8-5-10-20-18)7-4-2-3-6-14-9-11-19-13-14/h12,14,19H,2-11,13H2,1H3,(H,20,21)/t14-/m1/s1. The number of fused-ring (bicyclic) bond motifs is 1. The van der Waals surface area contributed by atoms with Crippen molar-refractivity contribution in [1.29, 1.82) is 0 Å². The number of nitrogens with one attached hydrogen (secondary N) is 2. The summed E-state index contributed by atoms with van der Waals surface area (Å²) in [6.07, 6.45) is 9.96. The van der Waals surface area contributed by atoms with Gasteiger partial charge in [-0.15, -0.1) is 0 Å². The Labute approximate surface area is 134 Å². The topological polar surface area (TPSA) is 46.2 Å². The Kier molecular flexibility index (Phi) is 5.54. The molecule has 1 aromatic rings. The first-order valence-corrected chi connectivity index (χ1v) is 8.88. The molecule has 0 saturated carbocycles. The molecule has 0 unspecified atom stereocenters. The van der Waals surface area contributed by atoms with E-state index < -0.39 is 0 Å². The second-order valence-electron chi connectivity index (χ2n) is 6.63. The molecule has 2 aliphatic rings.